The third-order valence-corrected chi connectivity index (χ3v) is 2.80. The van der Waals surface area contributed by atoms with Gasteiger partial charge >= 0.3 is 11.8 Å². The minimum Gasteiger partial charge on any atom is -0.486 e. The highest BCUT2D eigenvalue weighted by atomic mass is 16.6. The fourth-order valence-corrected chi connectivity index (χ4v) is 1.89. The molecule has 1 heterocycles. The molecule has 1 aliphatic rings. The van der Waals surface area contributed by atoms with Gasteiger partial charge in [0.05, 0.1) is 6.61 Å². The van der Waals surface area contributed by atoms with Gasteiger partial charge in [0, 0.05) is 24.9 Å². The molecular formula is C14H18N2O5. The number of anilines is 1. The van der Waals surface area contributed by atoms with Crippen molar-refractivity contribution in [2.24, 2.45) is 0 Å². The second-order valence-electron chi connectivity index (χ2n) is 4.64. The van der Waals surface area contributed by atoms with E-state index in [1.807, 2.05) is 0 Å². The molecule has 1 atom stereocenters. The number of ether oxygens (including phenoxy) is 3. The lowest BCUT2D eigenvalue weighted by atomic mass is 10.2. The van der Waals surface area contributed by atoms with E-state index in [2.05, 4.69) is 10.6 Å². The molecule has 0 unspecified atom stereocenters. The first-order valence-corrected chi connectivity index (χ1v) is 6.60. The van der Waals surface area contributed by atoms with Crippen molar-refractivity contribution in [1.82, 2.24) is 5.32 Å². The van der Waals surface area contributed by atoms with Crippen LogP contribution < -0.4 is 20.1 Å². The Labute approximate surface area is 122 Å². The van der Waals surface area contributed by atoms with E-state index in [4.69, 9.17) is 14.2 Å². The maximum absolute atomic E-state index is 11.8. The van der Waals surface area contributed by atoms with Gasteiger partial charge in [-0.15, -0.1) is 0 Å². The number of methoxy groups -OCH3 is 1. The van der Waals surface area contributed by atoms with Crippen molar-refractivity contribution < 1.29 is 23.8 Å². The van der Waals surface area contributed by atoms with Gasteiger partial charge in [-0.25, -0.2) is 0 Å². The number of benzene rings is 1. The summed E-state index contributed by atoms with van der Waals surface area (Å²) in [7, 11) is 1.53. The summed E-state index contributed by atoms with van der Waals surface area (Å²) in [4.78, 5) is 23.5. The van der Waals surface area contributed by atoms with Gasteiger partial charge in [0.15, 0.2) is 11.5 Å². The zero-order valence-electron chi connectivity index (χ0n) is 12.0. The number of hydrogen-bond acceptors (Lipinski definition) is 5. The van der Waals surface area contributed by atoms with E-state index in [0.717, 1.165) is 0 Å². The largest absolute Gasteiger partial charge is 0.486 e. The molecule has 2 N–H and O–H groups in total. The van der Waals surface area contributed by atoms with Crippen LogP contribution in [0.5, 0.6) is 11.5 Å². The van der Waals surface area contributed by atoms with Crippen molar-refractivity contribution in [3.63, 3.8) is 0 Å². The summed E-state index contributed by atoms with van der Waals surface area (Å²) in [5, 5.41) is 5.04. The molecule has 1 aromatic carbocycles. The standard InChI is InChI=1S/C14H18N2O5/c1-9(8-19-2)15-13(17)14(18)16-10-3-4-11-12(7-10)21-6-5-20-11/h3-4,7,9H,5-6,8H2,1-2H3,(H,15,17)(H,16,18)/t9-/m0/s1. The molecule has 114 valence electrons. The summed E-state index contributed by atoms with van der Waals surface area (Å²) in [5.41, 5.74) is 0.471. The van der Waals surface area contributed by atoms with E-state index in [9.17, 15) is 9.59 Å². The zero-order valence-corrected chi connectivity index (χ0v) is 12.0. The Hall–Kier alpha value is -2.28. The number of carbonyl (C=O) groups is 2. The number of amides is 2. The minimum absolute atomic E-state index is 0.242. The van der Waals surface area contributed by atoms with Crippen molar-refractivity contribution >= 4 is 17.5 Å². The Morgan fingerprint density at radius 3 is 2.67 bits per heavy atom. The van der Waals surface area contributed by atoms with E-state index >= 15 is 0 Å². The van der Waals surface area contributed by atoms with Crippen LogP contribution in [0.15, 0.2) is 18.2 Å². The molecule has 0 aliphatic carbocycles. The van der Waals surface area contributed by atoms with Crippen molar-refractivity contribution in [2.45, 2.75) is 13.0 Å². The molecule has 0 bridgehead atoms. The molecule has 0 fully saturated rings. The van der Waals surface area contributed by atoms with Crippen LogP contribution in [0.2, 0.25) is 0 Å². The van der Waals surface area contributed by atoms with Gasteiger partial charge in [-0.05, 0) is 19.1 Å². The number of carbonyl (C=O) groups excluding carboxylic acids is 2. The topological polar surface area (TPSA) is 85.9 Å². The van der Waals surface area contributed by atoms with Gasteiger partial charge < -0.3 is 24.8 Å². The van der Waals surface area contributed by atoms with Crippen LogP contribution >= 0.6 is 0 Å². The Morgan fingerprint density at radius 2 is 1.95 bits per heavy atom. The van der Waals surface area contributed by atoms with Crippen LogP contribution in [-0.4, -0.2) is 44.8 Å². The highest BCUT2D eigenvalue weighted by molar-refractivity contribution is 6.39. The van der Waals surface area contributed by atoms with Gasteiger partial charge in [-0.2, -0.15) is 0 Å². The van der Waals surface area contributed by atoms with Crippen LogP contribution in [0.1, 0.15) is 6.92 Å². The number of nitrogens with one attached hydrogen (secondary N) is 2. The molecular weight excluding hydrogens is 276 g/mol. The lowest BCUT2D eigenvalue weighted by Crippen LogP contribution is -2.42. The molecule has 1 aliphatic heterocycles. The normalized spacial score (nSPS) is 14.2. The van der Waals surface area contributed by atoms with Crippen LogP contribution in [0.3, 0.4) is 0 Å². The lowest BCUT2D eigenvalue weighted by Gasteiger charge is -2.19. The third-order valence-electron chi connectivity index (χ3n) is 2.80. The fraction of sp³-hybridized carbons (Fsp3) is 0.429. The Bertz CT molecular complexity index is 532. The van der Waals surface area contributed by atoms with Gasteiger partial charge in [0.2, 0.25) is 0 Å². The first-order chi connectivity index (χ1) is 10.1. The van der Waals surface area contributed by atoms with Crippen molar-refractivity contribution in [1.29, 1.82) is 0 Å². The Morgan fingerprint density at radius 1 is 1.24 bits per heavy atom. The Balaban J connectivity index is 1.94. The smallest absolute Gasteiger partial charge is 0.313 e. The van der Waals surface area contributed by atoms with Crippen molar-refractivity contribution in [3.8, 4) is 11.5 Å². The van der Waals surface area contributed by atoms with Gasteiger partial charge in [-0.3, -0.25) is 9.59 Å². The predicted octanol–water partition coefficient (Wildman–Crippen LogP) is 0.547. The van der Waals surface area contributed by atoms with Crippen LogP contribution in [0.4, 0.5) is 5.69 Å². The first-order valence-electron chi connectivity index (χ1n) is 6.60. The highest BCUT2D eigenvalue weighted by Crippen LogP contribution is 2.32. The monoisotopic (exact) mass is 294 g/mol. The number of hydrogen-bond donors (Lipinski definition) is 2. The summed E-state index contributed by atoms with van der Waals surface area (Å²) in [5.74, 6) is -0.284. The van der Waals surface area contributed by atoms with Crippen LogP contribution in [-0.2, 0) is 14.3 Å². The molecule has 1 aromatic rings. The van der Waals surface area contributed by atoms with Gasteiger partial charge in [-0.1, -0.05) is 0 Å². The van der Waals surface area contributed by atoms with E-state index in [1.165, 1.54) is 7.11 Å². The quantitative estimate of drug-likeness (QED) is 0.792. The summed E-state index contributed by atoms with van der Waals surface area (Å²) in [6.45, 7) is 3.04. The maximum Gasteiger partial charge on any atom is 0.313 e. The zero-order chi connectivity index (χ0) is 15.2. The van der Waals surface area contributed by atoms with E-state index in [1.54, 1.807) is 25.1 Å². The maximum atomic E-state index is 11.8. The summed E-state index contributed by atoms with van der Waals surface area (Å²) >= 11 is 0. The van der Waals surface area contributed by atoms with Crippen molar-refractivity contribution in [2.75, 3.05) is 32.2 Å². The van der Waals surface area contributed by atoms with E-state index < -0.39 is 11.8 Å². The Kier molecular flexibility index (Phi) is 4.99. The van der Waals surface area contributed by atoms with Crippen LogP contribution in [0.25, 0.3) is 0 Å². The second-order valence-corrected chi connectivity index (χ2v) is 4.64. The molecule has 2 rings (SSSR count). The molecule has 7 heteroatoms. The predicted molar refractivity (Wildman–Crippen MR) is 75.5 cm³/mol. The summed E-state index contributed by atoms with van der Waals surface area (Å²) < 4.78 is 15.7. The number of rotatable bonds is 4. The van der Waals surface area contributed by atoms with Gasteiger partial charge in [0.25, 0.3) is 0 Å². The van der Waals surface area contributed by atoms with Gasteiger partial charge in [0.1, 0.15) is 13.2 Å². The van der Waals surface area contributed by atoms with E-state index in [0.29, 0.717) is 37.0 Å². The molecule has 7 nitrogen and oxygen atoms in total. The molecule has 0 radical (unpaired) electrons. The summed E-state index contributed by atoms with van der Waals surface area (Å²) in [6.07, 6.45) is 0. The molecule has 0 aromatic heterocycles. The molecule has 2 amide bonds. The summed E-state index contributed by atoms with van der Waals surface area (Å²) in [6, 6.07) is 4.72. The van der Waals surface area contributed by atoms with Crippen molar-refractivity contribution in [3.05, 3.63) is 18.2 Å². The van der Waals surface area contributed by atoms with E-state index in [-0.39, 0.29) is 6.04 Å². The third kappa shape index (κ3) is 4.09. The van der Waals surface area contributed by atoms with Crippen LogP contribution in [0, 0.1) is 0 Å². The highest BCUT2D eigenvalue weighted by Gasteiger charge is 2.18. The molecule has 21 heavy (non-hydrogen) atoms. The average Bonchev–Trinajstić information content (AvgIpc) is 2.47. The molecule has 0 spiro atoms. The number of fused-ring (bicyclic) bond motifs is 1. The minimum atomic E-state index is -0.741. The second kappa shape index (κ2) is 6.94. The molecule has 0 saturated carbocycles. The lowest BCUT2D eigenvalue weighted by molar-refractivity contribution is -0.136. The SMILES string of the molecule is COC[C@H](C)NC(=O)C(=O)Nc1ccc2c(c1)OCCO2. The fourth-order valence-electron chi connectivity index (χ4n) is 1.89. The average molecular weight is 294 g/mol. The first kappa shape index (κ1) is 15.1. The molecule has 0 saturated heterocycles.